The highest BCUT2D eigenvalue weighted by Gasteiger charge is 2.14. The van der Waals surface area contributed by atoms with E-state index in [1.165, 1.54) is 0 Å². The number of ether oxygens (including phenoxy) is 2. The topological polar surface area (TPSA) is 68.9 Å². The van der Waals surface area contributed by atoms with Gasteiger partial charge in [-0.2, -0.15) is 0 Å². The van der Waals surface area contributed by atoms with Gasteiger partial charge in [0.1, 0.15) is 5.58 Å². The van der Waals surface area contributed by atoms with Gasteiger partial charge in [0.2, 0.25) is 5.76 Å². The Morgan fingerprint density at radius 2 is 2.10 bits per heavy atom. The normalized spacial score (nSPS) is 16.4. The average molecular weight is 290 g/mol. The molecule has 3 rings (SSSR count). The Morgan fingerprint density at radius 1 is 1.29 bits per heavy atom. The monoisotopic (exact) mass is 290 g/mol. The molecule has 1 N–H and O–H groups in total. The van der Waals surface area contributed by atoms with Gasteiger partial charge in [0.15, 0.2) is 0 Å². The van der Waals surface area contributed by atoms with E-state index >= 15 is 0 Å². The minimum atomic E-state index is -1.05. The van der Waals surface area contributed by atoms with E-state index in [-0.39, 0.29) is 5.76 Å². The first-order valence-corrected chi connectivity index (χ1v) is 7.13. The second kappa shape index (κ2) is 6.28. The van der Waals surface area contributed by atoms with Crippen LogP contribution in [0.2, 0.25) is 0 Å². The van der Waals surface area contributed by atoms with Crippen LogP contribution in [0.5, 0.6) is 0 Å². The van der Waals surface area contributed by atoms with Crippen molar-refractivity contribution in [3.63, 3.8) is 0 Å². The van der Waals surface area contributed by atoms with E-state index in [1.807, 2.05) is 12.1 Å². The number of carboxylic acid groups (broad SMARTS) is 1. The van der Waals surface area contributed by atoms with Crippen LogP contribution in [-0.4, -0.2) is 30.9 Å². The van der Waals surface area contributed by atoms with Crippen LogP contribution in [0.1, 0.15) is 29.0 Å². The van der Waals surface area contributed by atoms with Gasteiger partial charge in [0, 0.05) is 18.6 Å². The van der Waals surface area contributed by atoms with Crippen LogP contribution in [0, 0.1) is 5.92 Å². The van der Waals surface area contributed by atoms with Crippen molar-refractivity contribution < 1.29 is 23.8 Å². The number of benzene rings is 1. The maximum Gasteiger partial charge on any atom is 0.371 e. The maximum absolute atomic E-state index is 10.9. The summed E-state index contributed by atoms with van der Waals surface area (Å²) in [6.07, 6.45) is 2.12. The van der Waals surface area contributed by atoms with Crippen molar-refractivity contribution in [1.82, 2.24) is 0 Å². The van der Waals surface area contributed by atoms with E-state index in [1.54, 1.807) is 12.1 Å². The molecule has 0 radical (unpaired) electrons. The molecular weight excluding hydrogens is 272 g/mol. The third-order valence-electron chi connectivity index (χ3n) is 3.75. The van der Waals surface area contributed by atoms with Crippen LogP contribution in [0.4, 0.5) is 0 Å². The van der Waals surface area contributed by atoms with Gasteiger partial charge in [0.25, 0.3) is 0 Å². The van der Waals surface area contributed by atoms with E-state index in [9.17, 15) is 4.79 Å². The number of carboxylic acids is 1. The van der Waals surface area contributed by atoms with Crippen molar-refractivity contribution in [3.05, 3.63) is 35.6 Å². The molecular formula is C16H18O5. The summed E-state index contributed by atoms with van der Waals surface area (Å²) in [6.45, 7) is 2.92. The van der Waals surface area contributed by atoms with Crippen molar-refractivity contribution >= 4 is 16.9 Å². The summed E-state index contributed by atoms with van der Waals surface area (Å²) in [7, 11) is 0. The molecule has 0 bridgehead atoms. The van der Waals surface area contributed by atoms with Crippen LogP contribution in [0.15, 0.2) is 28.7 Å². The van der Waals surface area contributed by atoms with Gasteiger partial charge in [-0.05, 0) is 42.5 Å². The molecule has 2 aromatic rings. The number of fused-ring (bicyclic) bond motifs is 1. The van der Waals surface area contributed by atoms with Crippen molar-refractivity contribution in [2.45, 2.75) is 19.4 Å². The summed E-state index contributed by atoms with van der Waals surface area (Å²) in [5, 5.41) is 9.70. The number of rotatable bonds is 5. The lowest BCUT2D eigenvalue weighted by Gasteiger charge is -2.21. The zero-order valence-corrected chi connectivity index (χ0v) is 11.7. The van der Waals surface area contributed by atoms with Crippen LogP contribution >= 0.6 is 0 Å². The molecule has 1 aromatic carbocycles. The van der Waals surface area contributed by atoms with Crippen molar-refractivity contribution in [2.75, 3.05) is 19.8 Å². The van der Waals surface area contributed by atoms with Crippen LogP contribution < -0.4 is 0 Å². The molecule has 5 nitrogen and oxygen atoms in total. The zero-order chi connectivity index (χ0) is 14.7. The molecule has 0 saturated carbocycles. The molecule has 0 unspecified atom stereocenters. The molecule has 5 heteroatoms. The smallest absolute Gasteiger partial charge is 0.371 e. The van der Waals surface area contributed by atoms with Crippen LogP contribution in [-0.2, 0) is 16.1 Å². The fraction of sp³-hybridized carbons (Fsp3) is 0.438. The first kappa shape index (κ1) is 14.1. The highest BCUT2D eigenvalue weighted by molar-refractivity contribution is 5.91. The summed E-state index contributed by atoms with van der Waals surface area (Å²) in [6, 6.07) is 7.14. The zero-order valence-electron chi connectivity index (χ0n) is 11.7. The molecule has 0 atom stereocenters. The van der Waals surface area contributed by atoms with Crippen molar-refractivity contribution in [1.29, 1.82) is 0 Å². The number of furan rings is 1. The second-order valence-electron chi connectivity index (χ2n) is 5.36. The van der Waals surface area contributed by atoms with Crippen molar-refractivity contribution in [2.24, 2.45) is 5.92 Å². The summed E-state index contributed by atoms with van der Waals surface area (Å²) < 4.78 is 16.3. The molecule has 1 fully saturated rings. The summed E-state index contributed by atoms with van der Waals surface area (Å²) in [5.74, 6) is -0.510. The Morgan fingerprint density at radius 3 is 2.86 bits per heavy atom. The van der Waals surface area contributed by atoms with Gasteiger partial charge in [-0.25, -0.2) is 4.79 Å². The number of carbonyl (C=O) groups is 1. The standard InChI is InChI=1S/C16H18O5/c17-16(18)15-8-13-7-12(1-2-14(13)21-15)10-20-9-11-3-5-19-6-4-11/h1-2,7-8,11H,3-6,9-10H2,(H,17,18). The average Bonchev–Trinajstić information content (AvgIpc) is 2.92. The molecule has 112 valence electrons. The van der Waals surface area contributed by atoms with Gasteiger partial charge in [-0.3, -0.25) is 0 Å². The Labute approximate surface area is 122 Å². The Balaban J connectivity index is 1.60. The molecule has 0 aliphatic carbocycles. The van der Waals surface area contributed by atoms with Gasteiger partial charge in [-0.15, -0.1) is 0 Å². The predicted octanol–water partition coefficient (Wildman–Crippen LogP) is 3.07. The minimum Gasteiger partial charge on any atom is -0.475 e. The maximum atomic E-state index is 10.9. The molecule has 1 aromatic heterocycles. The summed E-state index contributed by atoms with van der Waals surface area (Å²) in [4.78, 5) is 10.9. The molecule has 0 spiro atoms. The molecule has 1 aliphatic rings. The lowest BCUT2D eigenvalue weighted by molar-refractivity contribution is 0.0157. The van der Waals surface area contributed by atoms with E-state index < -0.39 is 5.97 Å². The first-order valence-electron chi connectivity index (χ1n) is 7.13. The van der Waals surface area contributed by atoms with Gasteiger partial charge in [-0.1, -0.05) is 6.07 Å². The highest BCUT2D eigenvalue weighted by Crippen LogP contribution is 2.22. The fourth-order valence-corrected chi connectivity index (χ4v) is 2.54. The van der Waals surface area contributed by atoms with E-state index in [0.717, 1.165) is 43.6 Å². The Kier molecular flexibility index (Phi) is 4.22. The lowest BCUT2D eigenvalue weighted by atomic mass is 10.0. The lowest BCUT2D eigenvalue weighted by Crippen LogP contribution is -2.20. The SMILES string of the molecule is O=C(O)c1cc2cc(COCC3CCOCC3)ccc2o1. The first-order chi connectivity index (χ1) is 10.2. The molecule has 1 aliphatic heterocycles. The van der Waals surface area contributed by atoms with Crippen LogP contribution in [0.25, 0.3) is 11.0 Å². The Bertz CT molecular complexity index is 625. The minimum absolute atomic E-state index is 0.0368. The molecule has 2 heterocycles. The van der Waals surface area contributed by atoms with E-state index in [4.69, 9.17) is 19.0 Å². The van der Waals surface area contributed by atoms with Crippen LogP contribution in [0.3, 0.4) is 0 Å². The number of aromatic carboxylic acids is 1. The van der Waals surface area contributed by atoms with E-state index in [0.29, 0.717) is 18.1 Å². The Hall–Kier alpha value is -1.85. The van der Waals surface area contributed by atoms with Gasteiger partial charge >= 0.3 is 5.97 Å². The molecule has 1 saturated heterocycles. The molecule has 0 amide bonds. The largest absolute Gasteiger partial charge is 0.475 e. The third-order valence-corrected chi connectivity index (χ3v) is 3.75. The number of hydrogen-bond donors (Lipinski definition) is 1. The molecule has 21 heavy (non-hydrogen) atoms. The fourth-order valence-electron chi connectivity index (χ4n) is 2.54. The van der Waals surface area contributed by atoms with Crippen molar-refractivity contribution in [3.8, 4) is 0 Å². The second-order valence-corrected chi connectivity index (χ2v) is 5.36. The quantitative estimate of drug-likeness (QED) is 0.916. The van der Waals surface area contributed by atoms with Gasteiger partial charge < -0.3 is 19.0 Å². The third kappa shape index (κ3) is 3.43. The van der Waals surface area contributed by atoms with E-state index in [2.05, 4.69) is 0 Å². The highest BCUT2D eigenvalue weighted by atomic mass is 16.5. The summed E-state index contributed by atoms with van der Waals surface area (Å²) in [5.41, 5.74) is 1.60. The van der Waals surface area contributed by atoms with Gasteiger partial charge in [0.05, 0.1) is 13.2 Å². The predicted molar refractivity (Wildman–Crippen MR) is 76.4 cm³/mol. The number of hydrogen-bond acceptors (Lipinski definition) is 4. The summed E-state index contributed by atoms with van der Waals surface area (Å²) >= 11 is 0.